The van der Waals surface area contributed by atoms with Gasteiger partial charge in [0.2, 0.25) is 15.9 Å². The molecule has 0 bridgehead atoms. The highest BCUT2D eigenvalue weighted by atomic mass is 35.5. The number of ether oxygens (including phenoxy) is 1. The molecule has 13 heteroatoms. The number of hydrogen-bond donors (Lipinski definition) is 2. The maximum atomic E-state index is 12.4. The molecule has 0 saturated carbocycles. The van der Waals surface area contributed by atoms with Gasteiger partial charge in [0.05, 0.1) is 11.3 Å². The van der Waals surface area contributed by atoms with Crippen molar-refractivity contribution < 1.29 is 31.1 Å². The largest absolute Gasteiger partial charge is 0.454 e. The van der Waals surface area contributed by atoms with Crippen LogP contribution in [0.3, 0.4) is 0 Å². The molecule has 0 fully saturated rings. The van der Waals surface area contributed by atoms with Gasteiger partial charge in [0.1, 0.15) is 0 Å². The molecular weight excluding hydrogens is 485 g/mol. The van der Waals surface area contributed by atoms with Gasteiger partial charge in [-0.2, -0.15) is 13.2 Å². The molecule has 3 N–H and O–H groups in total. The molecule has 1 amide bonds. The lowest BCUT2D eigenvalue weighted by Gasteiger charge is -2.12. The van der Waals surface area contributed by atoms with Crippen molar-refractivity contribution in [1.29, 1.82) is 0 Å². The Bertz CT molecular complexity index is 1270. The smallest absolute Gasteiger partial charge is 0.422 e. The minimum Gasteiger partial charge on any atom is -0.454 e. The van der Waals surface area contributed by atoms with Crippen LogP contribution in [-0.4, -0.2) is 37.1 Å². The van der Waals surface area contributed by atoms with Crippen LogP contribution in [0.1, 0.15) is 5.56 Å². The zero-order valence-electron chi connectivity index (χ0n) is 16.6. The first kappa shape index (κ1) is 24.4. The molecule has 33 heavy (non-hydrogen) atoms. The average Bonchev–Trinajstić information content (AvgIpc) is 2.73. The Morgan fingerprint density at radius 3 is 2.39 bits per heavy atom. The molecule has 0 spiro atoms. The number of anilines is 1. The van der Waals surface area contributed by atoms with Crippen molar-refractivity contribution in [3.05, 3.63) is 65.4 Å². The van der Waals surface area contributed by atoms with Crippen LogP contribution in [0.25, 0.3) is 11.1 Å². The predicted octanol–water partition coefficient (Wildman–Crippen LogP) is 3.57. The summed E-state index contributed by atoms with van der Waals surface area (Å²) in [5, 5.41) is 8.30. The molecule has 0 unspecified atom stereocenters. The number of nitrogens with two attached hydrogens (primary N) is 1. The second-order valence-electron chi connectivity index (χ2n) is 6.73. The van der Waals surface area contributed by atoms with Crippen LogP contribution in [0.15, 0.2) is 59.8 Å². The first-order valence-electron chi connectivity index (χ1n) is 9.14. The number of halogens is 4. The molecular formula is C20H16ClF3N4O4S. The highest BCUT2D eigenvalue weighted by Gasteiger charge is 2.29. The van der Waals surface area contributed by atoms with Crippen molar-refractivity contribution in [3.8, 4) is 17.1 Å². The number of carbonyl (C=O) groups is 1. The van der Waals surface area contributed by atoms with Gasteiger partial charge in [0.15, 0.2) is 6.61 Å². The summed E-state index contributed by atoms with van der Waals surface area (Å²) < 4.78 is 65.4. The van der Waals surface area contributed by atoms with Crippen molar-refractivity contribution in [2.24, 2.45) is 5.14 Å². The van der Waals surface area contributed by atoms with E-state index in [-0.39, 0.29) is 28.1 Å². The van der Waals surface area contributed by atoms with Crippen molar-refractivity contribution in [1.82, 2.24) is 9.97 Å². The molecule has 3 rings (SSSR count). The number of rotatable bonds is 7. The Morgan fingerprint density at radius 1 is 1.12 bits per heavy atom. The van der Waals surface area contributed by atoms with Gasteiger partial charge in [0.25, 0.3) is 0 Å². The standard InChI is InChI=1S/C20H16ClF3N4O4S/c21-16-4-2-1-3-12(16)7-18(29)28-14-5-6-15(17(8-14)33(25,30)31)13-9-26-19(27-10-13)32-11-20(22,23)24/h1-6,8-10H,7,11H2,(H,28,29)(H2,25,30,31). The van der Waals surface area contributed by atoms with Gasteiger partial charge in [-0.15, -0.1) is 0 Å². The number of hydrogen-bond acceptors (Lipinski definition) is 6. The minimum absolute atomic E-state index is 0.0423. The summed E-state index contributed by atoms with van der Waals surface area (Å²) in [6, 6.07) is 10.2. The number of amides is 1. The quantitative estimate of drug-likeness (QED) is 0.511. The molecule has 0 atom stereocenters. The summed E-state index contributed by atoms with van der Waals surface area (Å²) in [5.41, 5.74) is 0.993. The SMILES string of the molecule is NS(=O)(=O)c1cc(NC(=O)Cc2ccccc2Cl)ccc1-c1cnc(OCC(F)(F)F)nc1. The Morgan fingerprint density at radius 2 is 1.79 bits per heavy atom. The molecule has 0 aliphatic carbocycles. The van der Waals surface area contributed by atoms with Crippen LogP contribution in [0.4, 0.5) is 18.9 Å². The lowest BCUT2D eigenvalue weighted by molar-refractivity contribution is -0.154. The van der Waals surface area contributed by atoms with Gasteiger partial charge < -0.3 is 10.1 Å². The highest BCUT2D eigenvalue weighted by molar-refractivity contribution is 7.89. The summed E-state index contributed by atoms with van der Waals surface area (Å²) in [5.74, 6) is -0.439. The van der Waals surface area contributed by atoms with Crippen LogP contribution in [0.5, 0.6) is 6.01 Å². The van der Waals surface area contributed by atoms with E-state index in [9.17, 15) is 26.4 Å². The third-order valence-corrected chi connectivity index (χ3v) is 5.50. The van der Waals surface area contributed by atoms with Gasteiger partial charge in [0, 0.05) is 34.2 Å². The van der Waals surface area contributed by atoms with E-state index in [0.29, 0.717) is 10.6 Å². The Kier molecular flexibility index (Phi) is 7.20. The summed E-state index contributed by atoms with van der Waals surface area (Å²) >= 11 is 6.05. The lowest BCUT2D eigenvalue weighted by atomic mass is 10.1. The monoisotopic (exact) mass is 500 g/mol. The number of nitrogens with zero attached hydrogens (tertiary/aromatic N) is 2. The number of benzene rings is 2. The zero-order chi connectivity index (χ0) is 24.2. The summed E-state index contributed by atoms with van der Waals surface area (Å²) in [6.07, 6.45) is -2.41. The van der Waals surface area contributed by atoms with Gasteiger partial charge in [-0.3, -0.25) is 4.79 Å². The van der Waals surface area contributed by atoms with E-state index in [0.717, 1.165) is 18.5 Å². The van der Waals surface area contributed by atoms with Gasteiger partial charge in [-0.25, -0.2) is 23.5 Å². The molecule has 0 aliphatic rings. The third-order valence-electron chi connectivity index (χ3n) is 4.18. The number of carbonyl (C=O) groups excluding carboxylic acids is 1. The van der Waals surface area contributed by atoms with Crippen molar-refractivity contribution >= 4 is 33.2 Å². The van der Waals surface area contributed by atoms with E-state index in [1.807, 2.05) is 0 Å². The van der Waals surface area contributed by atoms with Crippen LogP contribution in [-0.2, 0) is 21.2 Å². The van der Waals surface area contributed by atoms with E-state index in [1.54, 1.807) is 24.3 Å². The third kappa shape index (κ3) is 6.88. The first-order valence-corrected chi connectivity index (χ1v) is 11.1. The number of alkyl halides is 3. The second-order valence-corrected chi connectivity index (χ2v) is 8.67. The molecule has 174 valence electrons. The predicted molar refractivity (Wildman–Crippen MR) is 114 cm³/mol. The number of primary sulfonamides is 1. The maximum Gasteiger partial charge on any atom is 0.422 e. The van der Waals surface area contributed by atoms with Crippen LogP contribution in [0.2, 0.25) is 5.02 Å². The molecule has 0 radical (unpaired) electrons. The Balaban J connectivity index is 1.83. The van der Waals surface area contributed by atoms with Crippen molar-refractivity contribution in [2.45, 2.75) is 17.5 Å². The first-order chi connectivity index (χ1) is 15.4. The fourth-order valence-electron chi connectivity index (χ4n) is 2.77. The Labute approximate surface area is 191 Å². The minimum atomic E-state index is -4.56. The molecule has 0 aliphatic heterocycles. The number of nitrogens with one attached hydrogen (secondary N) is 1. The highest BCUT2D eigenvalue weighted by Crippen LogP contribution is 2.29. The van der Waals surface area contributed by atoms with Gasteiger partial charge in [-0.1, -0.05) is 35.9 Å². The van der Waals surface area contributed by atoms with Gasteiger partial charge in [-0.05, 0) is 23.8 Å². The van der Waals surface area contributed by atoms with E-state index in [1.165, 1.54) is 12.1 Å². The van der Waals surface area contributed by atoms with Crippen molar-refractivity contribution in [3.63, 3.8) is 0 Å². The molecule has 1 aromatic heterocycles. The van der Waals surface area contributed by atoms with Crippen LogP contribution in [0, 0.1) is 0 Å². The van der Waals surface area contributed by atoms with E-state index < -0.39 is 34.7 Å². The Hall–Kier alpha value is -3.22. The molecule has 2 aromatic carbocycles. The average molecular weight is 501 g/mol. The van der Waals surface area contributed by atoms with Crippen LogP contribution < -0.4 is 15.2 Å². The fourth-order valence-corrected chi connectivity index (χ4v) is 3.76. The number of sulfonamides is 1. The van der Waals surface area contributed by atoms with E-state index in [2.05, 4.69) is 20.0 Å². The summed E-state index contributed by atoms with van der Waals surface area (Å²) in [4.78, 5) is 19.3. The zero-order valence-corrected chi connectivity index (χ0v) is 18.2. The summed E-state index contributed by atoms with van der Waals surface area (Å²) in [6.45, 7) is -1.57. The lowest BCUT2D eigenvalue weighted by Crippen LogP contribution is -2.20. The van der Waals surface area contributed by atoms with Crippen LogP contribution >= 0.6 is 11.6 Å². The van der Waals surface area contributed by atoms with Crippen molar-refractivity contribution in [2.75, 3.05) is 11.9 Å². The normalized spacial score (nSPS) is 11.8. The molecule has 0 saturated heterocycles. The number of aromatic nitrogens is 2. The molecule has 3 aromatic rings. The second kappa shape index (κ2) is 9.73. The van der Waals surface area contributed by atoms with Gasteiger partial charge >= 0.3 is 12.2 Å². The summed E-state index contributed by atoms with van der Waals surface area (Å²) in [7, 11) is -4.25. The molecule has 8 nitrogen and oxygen atoms in total. The van der Waals surface area contributed by atoms with E-state index >= 15 is 0 Å². The fraction of sp³-hybridized carbons (Fsp3) is 0.150. The molecule has 1 heterocycles. The maximum absolute atomic E-state index is 12.4. The van der Waals surface area contributed by atoms with E-state index in [4.69, 9.17) is 16.7 Å². The topological polar surface area (TPSA) is 124 Å².